The van der Waals surface area contributed by atoms with Crippen molar-refractivity contribution in [3.8, 4) is 0 Å². The third kappa shape index (κ3) is 6.27. The van der Waals surface area contributed by atoms with Gasteiger partial charge in [-0.05, 0) is 74.9 Å². The first-order valence-corrected chi connectivity index (χ1v) is 17.1. The summed E-state index contributed by atoms with van der Waals surface area (Å²) in [6, 6.07) is 6.37. The fraction of sp³-hybridized carbons (Fsp3) is 0.452. The van der Waals surface area contributed by atoms with Crippen LogP contribution in [0.2, 0.25) is 5.02 Å². The van der Waals surface area contributed by atoms with Crippen LogP contribution in [-0.2, 0) is 32.3 Å². The summed E-state index contributed by atoms with van der Waals surface area (Å²) in [6.45, 7) is 6.10. The number of fused-ring (bicyclic) bond motifs is 4. The lowest BCUT2D eigenvalue weighted by Crippen LogP contribution is -2.45. The minimum atomic E-state index is -4.71. The van der Waals surface area contributed by atoms with Crippen molar-refractivity contribution in [1.82, 2.24) is 28.9 Å². The molecule has 16 heteroatoms. The second kappa shape index (κ2) is 12.7. The first-order chi connectivity index (χ1) is 22.3. The van der Waals surface area contributed by atoms with Gasteiger partial charge in [-0.25, -0.2) is 13.4 Å². The highest BCUT2D eigenvalue weighted by Crippen LogP contribution is 2.38. The summed E-state index contributed by atoms with van der Waals surface area (Å²) in [5, 5.41) is 7.36. The SMILES string of the molecule is CCOC(=O)CC(c1ccc(C)c(CN2CC3CCCCN3c3ncc(Cl)cc3S2(=O)=O)n1)c1ccn2c(C(F)(F)F)nnc2c1C. The lowest BCUT2D eigenvalue weighted by atomic mass is 9.89. The van der Waals surface area contributed by atoms with Crippen LogP contribution < -0.4 is 4.90 Å². The smallest absolute Gasteiger partial charge is 0.452 e. The lowest BCUT2D eigenvalue weighted by molar-refractivity contribution is -0.145. The van der Waals surface area contributed by atoms with E-state index in [2.05, 4.69) is 15.2 Å². The molecule has 2 atom stereocenters. The van der Waals surface area contributed by atoms with Crippen molar-refractivity contribution in [2.75, 3.05) is 24.6 Å². The molecule has 4 aromatic rings. The van der Waals surface area contributed by atoms with E-state index in [1.165, 1.54) is 28.8 Å². The Hall–Kier alpha value is -3.82. The number of ether oxygens (including phenoxy) is 1. The maximum atomic E-state index is 14.2. The molecule has 0 aliphatic carbocycles. The van der Waals surface area contributed by atoms with E-state index in [1.54, 1.807) is 26.0 Å². The molecule has 0 aromatic carbocycles. The highest BCUT2D eigenvalue weighted by atomic mass is 35.5. The number of esters is 1. The Morgan fingerprint density at radius 1 is 1.17 bits per heavy atom. The zero-order chi connectivity index (χ0) is 33.7. The molecule has 11 nitrogen and oxygen atoms in total. The van der Waals surface area contributed by atoms with Crippen LogP contribution in [0.1, 0.15) is 72.4 Å². The number of pyridine rings is 3. The Morgan fingerprint density at radius 2 is 1.96 bits per heavy atom. The number of carbonyl (C=O) groups excluding carboxylic acids is 1. The Morgan fingerprint density at radius 3 is 2.70 bits per heavy atom. The van der Waals surface area contributed by atoms with E-state index in [0.29, 0.717) is 34.9 Å². The maximum absolute atomic E-state index is 14.2. The van der Waals surface area contributed by atoms with Gasteiger partial charge < -0.3 is 9.64 Å². The van der Waals surface area contributed by atoms with Crippen molar-refractivity contribution in [3.63, 3.8) is 0 Å². The van der Waals surface area contributed by atoms with Crippen LogP contribution in [0, 0.1) is 13.8 Å². The van der Waals surface area contributed by atoms with Gasteiger partial charge in [0.25, 0.3) is 0 Å². The van der Waals surface area contributed by atoms with Crippen molar-refractivity contribution in [3.05, 3.63) is 75.6 Å². The second-order valence-electron chi connectivity index (χ2n) is 11.8. The normalized spacial score (nSPS) is 18.8. The van der Waals surface area contributed by atoms with Gasteiger partial charge in [0.15, 0.2) is 5.65 Å². The molecule has 6 rings (SSSR count). The van der Waals surface area contributed by atoms with Crippen LogP contribution in [0.3, 0.4) is 0 Å². The molecule has 2 aliphatic rings. The standard InChI is InChI=1S/C31H33ClF3N7O4S/c1-4-46-27(43)14-23(22-10-12-42-28(19(22)3)38-39-30(42)31(33,34)35)24-9-8-18(2)25(37-24)17-40-16-21-7-5-6-11-41(21)29-26(47(40,44)45)13-20(32)15-36-29/h8-10,12-13,15,21,23H,4-7,11,14,16-17H2,1-3H3. The van der Waals surface area contributed by atoms with Crippen LogP contribution >= 0.6 is 11.6 Å². The average Bonchev–Trinajstić information content (AvgIpc) is 3.44. The molecular weight excluding hydrogens is 659 g/mol. The average molecular weight is 692 g/mol. The molecule has 0 spiro atoms. The molecule has 0 amide bonds. The number of aryl methyl sites for hydroxylation is 2. The fourth-order valence-electron chi connectivity index (χ4n) is 6.45. The topological polar surface area (TPSA) is 123 Å². The van der Waals surface area contributed by atoms with Gasteiger partial charge in [-0.15, -0.1) is 10.2 Å². The quantitative estimate of drug-likeness (QED) is 0.233. The summed E-state index contributed by atoms with van der Waals surface area (Å²) >= 11 is 6.24. The van der Waals surface area contributed by atoms with Gasteiger partial charge in [-0.3, -0.25) is 14.2 Å². The summed E-state index contributed by atoms with van der Waals surface area (Å²) in [6.07, 6.45) is 0.489. The van der Waals surface area contributed by atoms with Gasteiger partial charge in [-0.2, -0.15) is 17.5 Å². The third-order valence-corrected chi connectivity index (χ3v) is 10.8. The van der Waals surface area contributed by atoms with E-state index >= 15 is 0 Å². The lowest BCUT2D eigenvalue weighted by Gasteiger charge is -2.36. The molecule has 0 radical (unpaired) electrons. The van der Waals surface area contributed by atoms with Gasteiger partial charge in [0, 0.05) is 43.1 Å². The number of sulfonamides is 1. The maximum Gasteiger partial charge on any atom is 0.452 e. The van der Waals surface area contributed by atoms with E-state index in [0.717, 1.165) is 29.2 Å². The van der Waals surface area contributed by atoms with E-state index in [-0.39, 0.29) is 47.7 Å². The van der Waals surface area contributed by atoms with Gasteiger partial charge in [-0.1, -0.05) is 17.7 Å². The van der Waals surface area contributed by atoms with Crippen molar-refractivity contribution in [1.29, 1.82) is 0 Å². The molecule has 0 N–H and O–H groups in total. The zero-order valence-electron chi connectivity index (χ0n) is 26.0. The monoisotopic (exact) mass is 691 g/mol. The summed E-state index contributed by atoms with van der Waals surface area (Å²) in [5.41, 5.74) is 2.53. The van der Waals surface area contributed by atoms with Crippen LogP contribution in [0.5, 0.6) is 0 Å². The minimum Gasteiger partial charge on any atom is -0.466 e. The number of halogens is 4. The van der Waals surface area contributed by atoms with Gasteiger partial charge in [0.2, 0.25) is 15.8 Å². The second-order valence-corrected chi connectivity index (χ2v) is 14.1. The molecule has 0 saturated carbocycles. The number of nitrogens with zero attached hydrogens (tertiary/aromatic N) is 7. The number of aromatic nitrogens is 5. The third-order valence-electron chi connectivity index (χ3n) is 8.81. The number of alkyl halides is 3. The predicted molar refractivity (Wildman–Crippen MR) is 167 cm³/mol. The number of anilines is 1. The first-order valence-electron chi connectivity index (χ1n) is 15.3. The predicted octanol–water partition coefficient (Wildman–Crippen LogP) is 5.46. The molecule has 1 saturated heterocycles. The summed E-state index contributed by atoms with van der Waals surface area (Å²) in [7, 11) is -4.05. The molecule has 2 aliphatic heterocycles. The van der Waals surface area contributed by atoms with Crippen LogP contribution in [0.15, 0.2) is 41.6 Å². The molecule has 47 heavy (non-hydrogen) atoms. The minimum absolute atomic E-state index is 0.00495. The molecule has 1 fully saturated rings. The Labute approximate surface area is 274 Å². The molecule has 6 heterocycles. The van der Waals surface area contributed by atoms with E-state index < -0.39 is 33.9 Å². The van der Waals surface area contributed by atoms with Gasteiger partial charge >= 0.3 is 12.1 Å². The van der Waals surface area contributed by atoms with Crippen LogP contribution in [-0.4, -0.2) is 69.0 Å². The number of piperidine rings is 1. The van der Waals surface area contributed by atoms with Crippen molar-refractivity contribution in [2.45, 2.75) is 76.0 Å². The Bertz CT molecular complexity index is 1950. The van der Waals surface area contributed by atoms with Gasteiger partial charge in [0.1, 0.15) is 10.7 Å². The number of rotatable bonds is 7. The van der Waals surface area contributed by atoms with E-state index in [1.807, 2.05) is 11.8 Å². The molecule has 250 valence electrons. The summed E-state index contributed by atoms with van der Waals surface area (Å²) in [5.74, 6) is -2.02. The summed E-state index contributed by atoms with van der Waals surface area (Å²) in [4.78, 5) is 24.3. The first kappa shape index (κ1) is 33.1. The molecule has 4 aromatic heterocycles. The zero-order valence-corrected chi connectivity index (χ0v) is 27.5. The number of hydrogen-bond acceptors (Lipinski definition) is 9. The van der Waals surface area contributed by atoms with E-state index in [9.17, 15) is 26.4 Å². The summed E-state index contributed by atoms with van der Waals surface area (Å²) < 4.78 is 76.5. The van der Waals surface area contributed by atoms with Crippen molar-refractivity contribution >= 4 is 39.1 Å². The number of carbonyl (C=O) groups is 1. The highest BCUT2D eigenvalue weighted by molar-refractivity contribution is 7.89. The fourth-order valence-corrected chi connectivity index (χ4v) is 8.29. The van der Waals surface area contributed by atoms with Crippen molar-refractivity contribution in [2.24, 2.45) is 0 Å². The van der Waals surface area contributed by atoms with Crippen LogP contribution in [0.25, 0.3) is 5.65 Å². The number of hydrogen-bond donors (Lipinski definition) is 0. The molecule has 0 bridgehead atoms. The Kier molecular flexibility index (Phi) is 8.91. The van der Waals surface area contributed by atoms with E-state index in [4.69, 9.17) is 21.3 Å². The van der Waals surface area contributed by atoms with Gasteiger partial charge in [0.05, 0.1) is 30.3 Å². The molecular formula is C31H33ClF3N7O4S. The Balaban J connectivity index is 1.41. The van der Waals surface area contributed by atoms with Crippen LogP contribution in [0.4, 0.5) is 19.0 Å². The largest absolute Gasteiger partial charge is 0.466 e. The molecule has 2 unspecified atom stereocenters. The van der Waals surface area contributed by atoms with Crippen molar-refractivity contribution < 1.29 is 31.1 Å². The highest BCUT2D eigenvalue weighted by Gasteiger charge is 2.40.